The van der Waals surface area contributed by atoms with Gasteiger partial charge in [0.25, 0.3) is 0 Å². The molecule has 109 heavy (non-hydrogen) atoms. The standard InChI is InChI=1S/C32H27F3N4O.C32H30N4O.C27H22N4O/c1-21-5-9-29-30(17-23-13-24(16-27(15-23)32(33,34)35)20-39-11-3-2-4-12-39)38-40-31(29)28(21)10-7-22-6-8-25-18-36-37-19-26(25)14-22;1-22-14-25(16-26(15-22)20-36-12-4-3-5-13-36)18-31-29-10-6-23(2)28(32(29)37-35-31)11-8-24-7-9-27-19-33-21-34-30(27)17-24;1-18-11-13-24-26(16-19-7-6-9-22(15-19)31(2)3)30-32-27(24)23(18)14-12-21-17-20-8-4-5-10-25(20)29-28-21/h5-6,8-9,13-16,18-19H,2-4,11-12,17,20H2,1H3;6-7,9-10,14-17,19,21H,3-5,12-13,18,20H2,1-2H3;4-11,13,15,17H,16H2,1-3H3. The molecule has 2 fully saturated rings. The van der Waals surface area contributed by atoms with Crippen LogP contribution in [0.1, 0.15) is 145 Å². The summed E-state index contributed by atoms with van der Waals surface area (Å²) in [6.45, 7) is 14.0. The SMILES string of the molecule is Cc1cc(Cc2noc3c(C#Cc4ccc5cncnc5c4)c(C)ccc23)cc(CN2CCCCC2)c1.Cc1ccc2c(Cc3cc(CN4CCCCC4)cc(C(F)(F)F)c3)noc2c1C#Cc1ccc2cnncc2c1.Cc1ccc2c(Cc3cccc(N(C)C)c3)noc2c1C#Cc1cc2ccccc2nn1. The predicted octanol–water partition coefficient (Wildman–Crippen LogP) is 18.6. The highest BCUT2D eigenvalue weighted by Crippen LogP contribution is 2.35. The minimum Gasteiger partial charge on any atom is -0.378 e. The number of halogens is 3. The smallest absolute Gasteiger partial charge is 0.378 e. The molecule has 542 valence electrons. The molecule has 0 radical (unpaired) electrons. The molecule has 6 aromatic heterocycles. The molecular formula is C91H79F3N12O3. The fraction of sp³-hybridized carbons (Fsp3) is 0.242. The first-order chi connectivity index (χ1) is 53.0. The Morgan fingerprint density at radius 3 is 1.55 bits per heavy atom. The van der Waals surface area contributed by atoms with Crippen LogP contribution in [0.15, 0.2) is 202 Å². The Morgan fingerprint density at radius 2 is 0.954 bits per heavy atom. The highest BCUT2D eigenvalue weighted by atomic mass is 19.4. The van der Waals surface area contributed by atoms with Crippen molar-refractivity contribution >= 4 is 71.2 Å². The van der Waals surface area contributed by atoms with Crippen LogP contribution in [0.5, 0.6) is 0 Å². The molecule has 0 unspecified atom stereocenters. The zero-order valence-corrected chi connectivity index (χ0v) is 61.7. The summed E-state index contributed by atoms with van der Waals surface area (Å²) in [5, 5.41) is 36.2. The number of alkyl halides is 3. The molecule has 2 aliphatic rings. The average Bonchev–Trinajstić information content (AvgIpc) is 1.65. The van der Waals surface area contributed by atoms with Crippen molar-refractivity contribution in [3.63, 3.8) is 0 Å². The summed E-state index contributed by atoms with van der Waals surface area (Å²) in [6.07, 6.45) is 11.3. The van der Waals surface area contributed by atoms with Crippen LogP contribution in [0, 0.1) is 63.2 Å². The zero-order valence-electron chi connectivity index (χ0n) is 61.7. The molecule has 0 saturated carbocycles. The van der Waals surface area contributed by atoms with E-state index in [1.807, 2.05) is 119 Å². The van der Waals surface area contributed by atoms with Gasteiger partial charge in [0.05, 0.1) is 62.8 Å². The first kappa shape index (κ1) is 72.2. The Labute approximate surface area is 630 Å². The van der Waals surface area contributed by atoms with Gasteiger partial charge in [-0.25, -0.2) is 9.97 Å². The Balaban J connectivity index is 0.000000131. The Morgan fingerprint density at radius 1 is 0.431 bits per heavy atom. The molecule has 0 atom stereocenters. The number of hydrogen-bond acceptors (Lipinski definition) is 15. The van der Waals surface area contributed by atoms with Gasteiger partial charge in [0.2, 0.25) is 0 Å². The van der Waals surface area contributed by atoms with Gasteiger partial charge in [-0.3, -0.25) is 9.80 Å². The third-order valence-corrected chi connectivity index (χ3v) is 20.1. The van der Waals surface area contributed by atoms with Crippen LogP contribution < -0.4 is 4.90 Å². The summed E-state index contributed by atoms with van der Waals surface area (Å²) in [6, 6.07) is 53.6. The molecule has 0 spiro atoms. The Kier molecular flexibility index (Phi) is 21.4. The normalized spacial score (nSPS) is 13.3. The van der Waals surface area contributed by atoms with Gasteiger partial charge in [0, 0.05) is 107 Å². The molecule has 18 heteroatoms. The molecule has 17 rings (SSSR count). The van der Waals surface area contributed by atoms with Crippen molar-refractivity contribution in [1.82, 2.24) is 55.6 Å². The maximum atomic E-state index is 13.8. The largest absolute Gasteiger partial charge is 0.416 e. The van der Waals surface area contributed by atoms with Crippen LogP contribution >= 0.6 is 0 Å². The van der Waals surface area contributed by atoms with E-state index in [0.29, 0.717) is 52.2 Å². The molecule has 2 saturated heterocycles. The number of likely N-dealkylation sites (tertiary alicyclic amines) is 2. The van der Waals surface area contributed by atoms with Crippen molar-refractivity contribution in [2.24, 2.45) is 0 Å². The number of nitrogens with zero attached hydrogens (tertiary/aromatic N) is 12. The van der Waals surface area contributed by atoms with Gasteiger partial charge in [-0.2, -0.15) is 23.4 Å². The maximum absolute atomic E-state index is 13.8. The third-order valence-electron chi connectivity index (χ3n) is 20.1. The quantitative estimate of drug-likeness (QED) is 0.112. The van der Waals surface area contributed by atoms with Crippen LogP contribution in [-0.4, -0.2) is 95.9 Å². The lowest BCUT2D eigenvalue weighted by Crippen LogP contribution is -2.29. The van der Waals surface area contributed by atoms with E-state index in [2.05, 4.69) is 177 Å². The second-order valence-corrected chi connectivity index (χ2v) is 28.6. The molecule has 15 nitrogen and oxygen atoms in total. The van der Waals surface area contributed by atoms with Crippen molar-refractivity contribution in [2.75, 3.05) is 45.2 Å². The van der Waals surface area contributed by atoms with Gasteiger partial charge in [-0.1, -0.05) is 148 Å². The van der Waals surface area contributed by atoms with E-state index in [9.17, 15) is 13.2 Å². The maximum Gasteiger partial charge on any atom is 0.416 e. The van der Waals surface area contributed by atoms with Crippen LogP contribution in [-0.2, 0) is 38.5 Å². The van der Waals surface area contributed by atoms with Crippen molar-refractivity contribution in [1.29, 1.82) is 0 Å². The number of aryl methyl sites for hydroxylation is 4. The lowest BCUT2D eigenvalue weighted by molar-refractivity contribution is -0.137. The summed E-state index contributed by atoms with van der Waals surface area (Å²) in [7, 11) is 4.08. The molecule has 0 amide bonds. The van der Waals surface area contributed by atoms with Crippen molar-refractivity contribution in [3.05, 3.63) is 295 Å². The van der Waals surface area contributed by atoms with Crippen molar-refractivity contribution in [2.45, 2.75) is 105 Å². The highest BCUT2D eigenvalue weighted by molar-refractivity contribution is 5.90. The number of hydrogen-bond donors (Lipinski definition) is 0. The van der Waals surface area contributed by atoms with E-state index in [1.54, 1.807) is 18.7 Å². The van der Waals surface area contributed by atoms with Gasteiger partial charge in [0.15, 0.2) is 16.7 Å². The second-order valence-electron chi connectivity index (χ2n) is 28.6. The van der Waals surface area contributed by atoms with Gasteiger partial charge in [0.1, 0.15) is 12.0 Å². The molecule has 9 aromatic carbocycles. The molecule has 15 aromatic rings. The lowest BCUT2D eigenvalue weighted by atomic mass is 9.98. The molecule has 0 bridgehead atoms. The first-order valence-electron chi connectivity index (χ1n) is 36.9. The summed E-state index contributed by atoms with van der Waals surface area (Å²) in [5.41, 5.74) is 20.9. The number of rotatable bonds is 11. The molecule has 0 N–H and O–H groups in total. The second kappa shape index (κ2) is 32.4. The van der Waals surface area contributed by atoms with Crippen molar-refractivity contribution < 1.29 is 26.7 Å². The van der Waals surface area contributed by atoms with Crippen LogP contribution in [0.25, 0.3) is 65.5 Å². The Bertz CT molecular complexity index is 6090. The van der Waals surface area contributed by atoms with E-state index in [1.165, 1.54) is 73.2 Å². The van der Waals surface area contributed by atoms with E-state index in [-0.39, 0.29) is 6.42 Å². The van der Waals surface area contributed by atoms with Crippen molar-refractivity contribution in [3.8, 4) is 35.5 Å². The average molecular weight is 1450 g/mol. The molecule has 0 aliphatic carbocycles. The minimum absolute atomic E-state index is 0.228. The molecule has 2 aliphatic heterocycles. The fourth-order valence-electron chi connectivity index (χ4n) is 14.4. The number of fused-ring (bicyclic) bond motifs is 6. The van der Waals surface area contributed by atoms with E-state index in [4.69, 9.17) is 13.6 Å². The molecule has 8 heterocycles. The Hall–Kier alpha value is -12.4. The fourth-order valence-corrected chi connectivity index (χ4v) is 14.4. The molecular weight excluding hydrogens is 1370 g/mol. The number of benzene rings is 9. The highest BCUT2D eigenvalue weighted by Gasteiger charge is 2.32. The summed E-state index contributed by atoms with van der Waals surface area (Å²) >= 11 is 0. The number of anilines is 1. The van der Waals surface area contributed by atoms with E-state index >= 15 is 0 Å². The first-order valence-corrected chi connectivity index (χ1v) is 36.9. The summed E-state index contributed by atoms with van der Waals surface area (Å²) in [4.78, 5) is 15.3. The monoisotopic (exact) mass is 1440 g/mol. The van der Waals surface area contributed by atoms with Gasteiger partial charge >= 0.3 is 6.18 Å². The third kappa shape index (κ3) is 17.2. The predicted molar refractivity (Wildman–Crippen MR) is 423 cm³/mol. The van der Waals surface area contributed by atoms with Gasteiger partial charge in [-0.15, -0.1) is 10.2 Å². The minimum atomic E-state index is -4.42. The van der Waals surface area contributed by atoms with E-state index < -0.39 is 11.7 Å². The van der Waals surface area contributed by atoms with Gasteiger partial charge in [-0.05, 0) is 209 Å². The summed E-state index contributed by atoms with van der Waals surface area (Å²) in [5.74, 6) is 19.5. The number of aromatic nitrogens is 9. The lowest BCUT2D eigenvalue weighted by Gasteiger charge is -2.27. The van der Waals surface area contributed by atoms with Crippen LogP contribution in [0.3, 0.4) is 0 Å². The van der Waals surface area contributed by atoms with Gasteiger partial charge < -0.3 is 18.5 Å². The topological polar surface area (TPSA) is 165 Å². The summed E-state index contributed by atoms with van der Waals surface area (Å²) < 4.78 is 58.8. The van der Waals surface area contributed by atoms with Crippen LogP contribution in [0.2, 0.25) is 0 Å². The zero-order chi connectivity index (χ0) is 75.0. The number of piperidine rings is 2. The van der Waals surface area contributed by atoms with Crippen LogP contribution in [0.4, 0.5) is 18.9 Å². The van der Waals surface area contributed by atoms with E-state index in [0.717, 1.165) is 149 Å².